The monoisotopic (exact) mass is 383 g/mol. The molecule has 2 heterocycles. The smallest absolute Gasteiger partial charge is 0.197 e. The van der Waals surface area contributed by atoms with Crippen LogP contribution in [-0.2, 0) is 6.61 Å². The third kappa shape index (κ3) is 2.64. The molecule has 0 saturated carbocycles. The predicted octanol–water partition coefficient (Wildman–Crippen LogP) is 4.83. The van der Waals surface area contributed by atoms with Gasteiger partial charge in [0.2, 0.25) is 0 Å². The van der Waals surface area contributed by atoms with Gasteiger partial charge in [0, 0.05) is 17.2 Å². The number of ketones is 1. The third-order valence-corrected chi connectivity index (χ3v) is 4.86. The minimum absolute atomic E-state index is 0.166. The standard InChI is InChI=1S/C19H11Cl2N3O2/c20-14-8-12-17(9-15(14)21)26-10-13-18(16(25)6-7-22)23-24(19(12)13)11-4-2-1-3-5-11/h1-5,8-9H,6,10H2. The van der Waals surface area contributed by atoms with E-state index >= 15 is 0 Å². The van der Waals surface area contributed by atoms with Crippen LogP contribution in [0.2, 0.25) is 10.0 Å². The first-order chi connectivity index (χ1) is 12.6. The maximum absolute atomic E-state index is 12.4. The molecule has 128 valence electrons. The molecule has 26 heavy (non-hydrogen) atoms. The van der Waals surface area contributed by atoms with Gasteiger partial charge in [-0.3, -0.25) is 4.79 Å². The van der Waals surface area contributed by atoms with Gasteiger partial charge in [-0.05, 0) is 18.2 Å². The Labute approximate surface area is 159 Å². The number of carbonyl (C=O) groups is 1. The van der Waals surface area contributed by atoms with Crippen molar-refractivity contribution in [1.29, 1.82) is 5.26 Å². The number of fused-ring (bicyclic) bond motifs is 3. The highest BCUT2D eigenvalue weighted by Crippen LogP contribution is 2.43. The van der Waals surface area contributed by atoms with Crippen LogP contribution in [-0.4, -0.2) is 15.6 Å². The molecule has 0 spiro atoms. The normalized spacial score (nSPS) is 11.9. The zero-order valence-corrected chi connectivity index (χ0v) is 14.9. The molecule has 0 fully saturated rings. The number of rotatable bonds is 3. The minimum atomic E-state index is -0.342. The average molecular weight is 384 g/mol. The maximum Gasteiger partial charge on any atom is 0.197 e. The molecule has 2 aromatic carbocycles. The zero-order valence-electron chi connectivity index (χ0n) is 13.4. The second-order valence-electron chi connectivity index (χ2n) is 5.73. The number of hydrogen-bond donors (Lipinski definition) is 0. The van der Waals surface area contributed by atoms with Crippen LogP contribution < -0.4 is 4.74 Å². The Morgan fingerprint density at radius 2 is 1.96 bits per heavy atom. The fraction of sp³-hybridized carbons (Fsp3) is 0.105. The van der Waals surface area contributed by atoms with E-state index in [4.69, 9.17) is 33.2 Å². The molecule has 1 aromatic heterocycles. The number of carbonyl (C=O) groups excluding carboxylic acids is 1. The molecule has 0 unspecified atom stereocenters. The van der Waals surface area contributed by atoms with Crippen molar-refractivity contribution in [3.8, 4) is 28.8 Å². The summed E-state index contributed by atoms with van der Waals surface area (Å²) in [5, 5.41) is 14.1. The van der Waals surface area contributed by atoms with Crippen molar-refractivity contribution in [1.82, 2.24) is 9.78 Å². The largest absolute Gasteiger partial charge is 0.488 e. The van der Waals surface area contributed by atoms with E-state index in [0.29, 0.717) is 26.9 Å². The van der Waals surface area contributed by atoms with Crippen LogP contribution in [0.25, 0.3) is 16.9 Å². The highest BCUT2D eigenvalue weighted by molar-refractivity contribution is 6.42. The number of Topliss-reactive ketones (excluding diaryl/α,β-unsaturated/α-hetero) is 1. The quantitative estimate of drug-likeness (QED) is 0.607. The van der Waals surface area contributed by atoms with Crippen molar-refractivity contribution in [3.05, 3.63) is 63.8 Å². The van der Waals surface area contributed by atoms with Gasteiger partial charge in [-0.25, -0.2) is 4.68 Å². The first-order valence-corrected chi connectivity index (χ1v) is 8.55. The first-order valence-electron chi connectivity index (χ1n) is 7.80. The topological polar surface area (TPSA) is 67.9 Å². The Balaban J connectivity index is 2.01. The Morgan fingerprint density at radius 3 is 2.69 bits per heavy atom. The third-order valence-electron chi connectivity index (χ3n) is 4.14. The van der Waals surface area contributed by atoms with Gasteiger partial charge in [0.05, 0.1) is 27.5 Å². The van der Waals surface area contributed by atoms with E-state index in [1.165, 1.54) is 0 Å². The first kappa shape index (κ1) is 16.6. The van der Waals surface area contributed by atoms with E-state index in [1.54, 1.807) is 16.8 Å². The second kappa shape index (κ2) is 6.49. The molecule has 0 atom stereocenters. The summed E-state index contributed by atoms with van der Waals surface area (Å²) in [6.07, 6.45) is -0.244. The van der Waals surface area contributed by atoms with E-state index < -0.39 is 0 Å². The summed E-state index contributed by atoms with van der Waals surface area (Å²) in [5.41, 5.74) is 3.09. The van der Waals surface area contributed by atoms with Gasteiger partial charge in [0.1, 0.15) is 24.5 Å². The molecule has 3 aromatic rings. The number of halogens is 2. The predicted molar refractivity (Wildman–Crippen MR) is 97.9 cm³/mol. The van der Waals surface area contributed by atoms with Gasteiger partial charge in [-0.1, -0.05) is 41.4 Å². The van der Waals surface area contributed by atoms with Crippen molar-refractivity contribution < 1.29 is 9.53 Å². The highest BCUT2D eigenvalue weighted by Gasteiger charge is 2.30. The van der Waals surface area contributed by atoms with Crippen LogP contribution >= 0.6 is 23.2 Å². The van der Waals surface area contributed by atoms with Gasteiger partial charge in [-0.2, -0.15) is 10.4 Å². The van der Waals surface area contributed by atoms with Crippen LogP contribution in [0, 0.1) is 11.3 Å². The fourth-order valence-electron chi connectivity index (χ4n) is 2.98. The molecule has 0 radical (unpaired) electrons. The van der Waals surface area contributed by atoms with Crippen LogP contribution in [0.5, 0.6) is 5.75 Å². The summed E-state index contributed by atoms with van der Waals surface area (Å²) in [4.78, 5) is 12.4. The number of para-hydroxylation sites is 1. The summed E-state index contributed by atoms with van der Waals surface area (Å²) in [6, 6.07) is 14.7. The average Bonchev–Trinajstić information content (AvgIpc) is 3.04. The van der Waals surface area contributed by atoms with E-state index in [2.05, 4.69) is 5.10 Å². The summed E-state index contributed by atoms with van der Waals surface area (Å²) in [5.74, 6) is 0.230. The van der Waals surface area contributed by atoms with Gasteiger partial charge in [-0.15, -0.1) is 0 Å². The molecule has 0 amide bonds. The molecule has 0 saturated heterocycles. The minimum Gasteiger partial charge on any atom is -0.488 e. The summed E-state index contributed by atoms with van der Waals surface area (Å²) in [6.45, 7) is 0.166. The number of ether oxygens (including phenoxy) is 1. The van der Waals surface area contributed by atoms with Crippen LogP contribution in [0.1, 0.15) is 22.5 Å². The highest BCUT2D eigenvalue weighted by atomic mass is 35.5. The molecule has 7 heteroatoms. The Kier molecular flexibility index (Phi) is 4.15. The lowest BCUT2D eigenvalue weighted by Gasteiger charge is -2.20. The van der Waals surface area contributed by atoms with Crippen molar-refractivity contribution in [2.45, 2.75) is 13.0 Å². The van der Waals surface area contributed by atoms with Gasteiger partial charge < -0.3 is 4.74 Å². The fourth-order valence-corrected chi connectivity index (χ4v) is 3.30. The summed E-state index contributed by atoms with van der Waals surface area (Å²) >= 11 is 12.3. The van der Waals surface area contributed by atoms with Crippen molar-refractivity contribution in [2.24, 2.45) is 0 Å². The molecule has 4 rings (SSSR count). The lowest BCUT2D eigenvalue weighted by Crippen LogP contribution is -2.10. The molecular weight excluding hydrogens is 373 g/mol. The molecule has 0 aliphatic carbocycles. The summed E-state index contributed by atoms with van der Waals surface area (Å²) < 4.78 is 7.46. The number of aromatic nitrogens is 2. The number of nitrogens with zero attached hydrogens (tertiary/aromatic N) is 3. The lowest BCUT2D eigenvalue weighted by atomic mass is 10.0. The SMILES string of the molecule is N#CCC(=O)c1nn(-c2ccccc2)c2c1COc1cc(Cl)c(Cl)cc1-2. The van der Waals surface area contributed by atoms with Gasteiger partial charge in [0.25, 0.3) is 0 Å². The van der Waals surface area contributed by atoms with Crippen LogP contribution in [0.15, 0.2) is 42.5 Å². The van der Waals surface area contributed by atoms with Crippen molar-refractivity contribution >= 4 is 29.0 Å². The molecule has 0 bridgehead atoms. The number of nitriles is 1. The Hall–Kier alpha value is -2.81. The number of benzene rings is 2. The Bertz CT molecular complexity index is 1070. The molecule has 0 N–H and O–H groups in total. The van der Waals surface area contributed by atoms with Gasteiger partial charge >= 0.3 is 0 Å². The number of hydrogen-bond acceptors (Lipinski definition) is 4. The maximum atomic E-state index is 12.4. The van der Waals surface area contributed by atoms with Crippen molar-refractivity contribution in [2.75, 3.05) is 0 Å². The molecule has 1 aliphatic heterocycles. The molecule has 5 nitrogen and oxygen atoms in total. The Morgan fingerprint density at radius 1 is 1.23 bits per heavy atom. The molecule has 1 aliphatic rings. The van der Waals surface area contributed by atoms with Gasteiger partial charge in [0.15, 0.2) is 5.78 Å². The molecular formula is C19H11Cl2N3O2. The van der Waals surface area contributed by atoms with Crippen LogP contribution in [0.3, 0.4) is 0 Å². The van der Waals surface area contributed by atoms with E-state index in [9.17, 15) is 4.79 Å². The summed E-state index contributed by atoms with van der Waals surface area (Å²) in [7, 11) is 0. The zero-order chi connectivity index (χ0) is 18.3. The van der Waals surface area contributed by atoms with E-state index in [1.807, 2.05) is 36.4 Å². The van der Waals surface area contributed by atoms with E-state index in [-0.39, 0.29) is 24.5 Å². The van der Waals surface area contributed by atoms with Crippen molar-refractivity contribution in [3.63, 3.8) is 0 Å². The van der Waals surface area contributed by atoms with Crippen LogP contribution in [0.4, 0.5) is 0 Å². The van der Waals surface area contributed by atoms with E-state index in [0.717, 1.165) is 11.4 Å². The second-order valence-corrected chi connectivity index (χ2v) is 6.55. The lowest BCUT2D eigenvalue weighted by molar-refractivity contribution is 0.0990.